The van der Waals surface area contributed by atoms with Crippen LogP contribution in [0.1, 0.15) is 17.2 Å². The highest BCUT2D eigenvalue weighted by atomic mass is 16.3. The molecule has 1 atom stereocenters. The molecule has 0 amide bonds. The van der Waals surface area contributed by atoms with Gasteiger partial charge in [0.1, 0.15) is 12.3 Å². The Bertz CT molecular complexity index is 368. The van der Waals surface area contributed by atoms with Gasteiger partial charge in [0.15, 0.2) is 0 Å². The van der Waals surface area contributed by atoms with Crippen molar-refractivity contribution in [3.05, 3.63) is 34.2 Å². The zero-order valence-corrected chi connectivity index (χ0v) is 9.00. The smallest absolute Gasteiger partial charge is 0.120 e. The molecule has 0 saturated carbocycles. The van der Waals surface area contributed by atoms with Crippen LogP contribution in [-0.2, 0) is 6.54 Å². The van der Waals surface area contributed by atoms with Crippen LogP contribution in [0.5, 0.6) is 5.75 Å². The predicted octanol–water partition coefficient (Wildman–Crippen LogP) is 0.498. The number of benzene rings is 1. The Balaban J connectivity index is 2.88. The van der Waals surface area contributed by atoms with E-state index in [0.717, 1.165) is 0 Å². The fraction of sp³-hybridized carbons (Fsp3) is 0.400. The maximum atomic E-state index is 10.1. The molecule has 0 bridgehead atoms. The second kappa shape index (κ2) is 5.55. The number of aromatic hydroxyl groups is 1. The summed E-state index contributed by atoms with van der Waals surface area (Å²) in [6, 6.07) is 4.55. The number of aliphatic hydroxyl groups excluding tert-OH is 1. The standard InChI is InChI=1S/C10H15N3O3/c1-13(11)6-10(15)7-2-3-9(14)8(4-7)5-12-16/h2-4,10,14-15H,5-6,11H2,1H3. The van der Waals surface area contributed by atoms with Gasteiger partial charge in [-0.15, -0.1) is 0 Å². The maximum absolute atomic E-state index is 10.1. The van der Waals surface area contributed by atoms with Gasteiger partial charge in [-0.3, -0.25) is 5.84 Å². The number of hydrazine groups is 1. The van der Waals surface area contributed by atoms with Crippen LogP contribution in [0.15, 0.2) is 23.4 Å². The summed E-state index contributed by atoms with van der Waals surface area (Å²) < 4.78 is 0. The molecule has 0 spiro atoms. The monoisotopic (exact) mass is 225 g/mol. The van der Waals surface area contributed by atoms with Gasteiger partial charge in [0, 0.05) is 19.2 Å². The molecule has 0 saturated heterocycles. The number of nitrogens with zero attached hydrogens (tertiary/aromatic N) is 2. The Kier molecular flexibility index (Phi) is 4.36. The van der Waals surface area contributed by atoms with Crippen LogP contribution in [0.4, 0.5) is 0 Å². The average Bonchev–Trinajstić information content (AvgIpc) is 2.20. The molecule has 0 aliphatic heterocycles. The quantitative estimate of drug-likeness (QED) is 0.385. The van der Waals surface area contributed by atoms with Gasteiger partial charge < -0.3 is 10.2 Å². The number of hydrogen-bond acceptors (Lipinski definition) is 6. The third-order valence-corrected chi connectivity index (χ3v) is 2.18. The first-order valence-electron chi connectivity index (χ1n) is 4.79. The van der Waals surface area contributed by atoms with Crippen LogP contribution in [-0.4, -0.2) is 28.8 Å². The normalized spacial score (nSPS) is 12.8. The summed E-state index contributed by atoms with van der Waals surface area (Å²) in [5.41, 5.74) is 0.986. The minimum atomic E-state index is -0.763. The first-order valence-corrected chi connectivity index (χ1v) is 4.79. The molecule has 6 heteroatoms. The Labute approximate surface area is 93.2 Å². The van der Waals surface area contributed by atoms with E-state index in [1.807, 2.05) is 0 Å². The lowest BCUT2D eigenvalue weighted by Gasteiger charge is -2.16. The number of phenolic OH excluding ortho intramolecular Hbond substituents is 1. The van der Waals surface area contributed by atoms with E-state index in [2.05, 4.69) is 5.18 Å². The second-order valence-corrected chi connectivity index (χ2v) is 3.63. The molecule has 6 nitrogen and oxygen atoms in total. The molecule has 0 aliphatic rings. The second-order valence-electron chi connectivity index (χ2n) is 3.63. The summed E-state index contributed by atoms with van der Waals surface area (Å²) in [6.45, 7) is 0.142. The van der Waals surface area contributed by atoms with E-state index >= 15 is 0 Å². The lowest BCUT2D eigenvalue weighted by Crippen LogP contribution is -2.30. The van der Waals surface area contributed by atoms with Crippen LogP contribution in [0.2, 0.25) is 0 Å². The van der Waals surface area contributed by atoms with Crippen LogP contribution in [0, 0.1) is 4.91 Å². The zero-order valence-electron chi connectivity index (χ0n) is 9.00. The third-order valence-electron chi connectivity index (χ3n) is 2.18. The van der Waals surface area contributed by atoms with Crippen molar-refractivity contribution in [3.8, 4) is 5.75 Å². The summed E-state index contributed by atoms with van der Waals surface area (Å²) in [7, 11) is 1.64. The molecule has 1 rings (SSSR count). The molecule has 0 radical (unpaired) electrons. The molecule has 4 N–H and O–H groups in total. The van der Waals surface area contributed by atoms with E-state index in [-0.39, 0.29) is 18.8 Å². The minimum Gasteiger partial charge on any atom is -0.508 e. The van der Waals surface area contributed by atoms with Gasteiger partial charge >= 0.3 is 0 Å². The van der Waals surface area contributed by atoms with Gasteiger partial charge in [-0.2, -0.15) is 4.91 Å². The van der Waals surface area contributed by atoms with Crippen molar-refractivity contribution in [3.63, 3.8) is 0 Å². The Morgan fingerprint density at radius 3 is 2.81 bits per heavy atom. The summed E-state index contributed by atoms with van der Waals surface area (Å²) in [4.78, 5) is 10.1. The van der Waals surface area contributed by atoms with E-state index in [1.165, 1.54) is 11.1 Å². The minimum absolute atomic E-state index is 0.00310. The van der Waals surface area contributed by atoms with Crippen molar-refractivity contribution >= 4 is 0 Å². The summed E-state index contributed by atoms with van der Waals surface area (Å²) in [5, 5.41) is 23.2. The lowest BCUT2D eigenvalue weighted by molar-refractivity contribution is 0.127. The largest absolute Gasteiger partial charge is 0.508 e. The molecule has 0 aromatic heterocycles. The number of phenols is 1. The van der Waals surface area contributed by atoms with E-state index in [0.29, 0.717) is 11.1 Å². The van der Waals surface area contributed by atoms with Crippen molar-refractivity contribution < 1.29 is 10.2 Å². The fourth-order valence-corrected chi connectivity index (χ4v) is 1.39. The van der Waals surface area contributed by atoms with Gasteiger partial charge in [-0.05, 0) is 17.7 Å². The lowest BCUT2D eigenvalue weighted by atomic mass is 10.0. The number of nitrogens with two attached hydrogens (primary N) is 1. The molecule has 0 fully saturated rings. The molecular weight excluding hydrogens is 210 g/mol. The third kappa shape index (κ3) is 3.27. The Morgan fingerprint density at radius 1 is 1.56 bits per heavy atom. The molecule has 1 aromatic rings. The average molecular weight is 225 g/mol. The first kappa shape index (κ1) is 12.6. The van der Waals surface area contributed by atoms with Gasteiger partial charge in [0.2, 0.25) is 0 Å². The van der Waals surface area contributed by atoms with Gasteiger partial charge in [0.25, 0.3) is 0 Å². The molecular formula is C10H15N3O3. The van der Waals surface area contributed by atoms with Crippen molar-refractivity contribution in [2.75, 3.05) is 13.6 Å². The molecule has 0 aliphatic carbocycles. The van der Waals surface area contributed by atoms with E-state index in [1.54, 1.807) is 19.2 Å². The van der Waals surface area contributed by atoms with Crippen molar-refractivity contribution in [1.82, 2.24) is 5.01 Å². The molecule has 0 heterocycles. The molecule has 1 aromatic carbocycles. The summed E-state index contributed by atoms with van der Waals surface area (Å²) in [5.74, 6) is 5.41. The summed E-state index contributed by atoms with van der Waals surface area (Å²) in [6.07, 6.45) is -0.763. The van der Waals surface area contributed by atoms with Crippen LogP contribution >= 0.6 is 0 Å². The fourth-order valence-electron chi connectivity index (χ4n) is 1.39. The number of aliphatic hydroxyl groups is 1. The Hall–Kier alpha value is -1.50. The van der Waals surface area contributed by atoms with E-state index < -0.39 is 6.10 Å². The zero-order chi connectivity index (χ0) is 12.1. The maximum Gasteiger partial charge on any atom is 0.120 e. The SMILES string of the molecule is CN(N)CC(O)c1ccc(O)c(CN=O)c1. The highest BCUT2D eigenvalue weighted by Gasteiger charge is 2.11. The van der Waals surface area contributed by atoms with E-state index in [9.17, 15) is 15.1 Å². The van der Waals surface area contributed by atoms with Gasteiger partial charge in [-0.25, -0.2) is 5.01 Å². The number of rotatable bonds is 5. The van der Waals surface area contributed by atoms with Crippen molar-refractivity contribution in [2.24, 2.45) is 11.0 Å². The highest BCUT2D eigenvalue weighted by molar-refractivity contribution is 5.37. The number of hydrogen-bond donors (Lipinski definition) is 3. The molecule has 88 valence electrons. The van der Waals surface area contributed by atoms with Crippen LogP contribution in [0.3, 0.4) is 0 Å². The topological polar surface area (TPSA) is 99.2 Å². The Morgan fingerprint density at radius 2 is 2.25 bits per heavy atom. The first-order chi connectivity index (χ1) is 7.54. The van der Waals surface area contributed by atoms with Crippen molar-refractivity contribution in [1.29, 1.82) is 0 Å². The van der Waals surface area contributed by atoms with Crippen LogP contribution in [0.25, 0.3) is 0 Å². The van der Waals surface area contributed by atoms with Gasteiger partial charge in [-0.1, -0.05) is 11.2 Å². The number of nitroso groups, excluding NO2 is 1. The summed E-state index contributed by atoms with van der Waals surface area (Å²) >= 11 is 0. The molecule has 1 unspecified atom stereocenters. The van der Waals surface area contributed by atoms with E-state index in [4.69, 9.17) is 5.84 Å². The van der Waals surface area contributed by atoms with Crippen LogP contribution < -0.4 is 5.84 Å². The highest BCUT2D eigenvalue weighted by Crippen LogP contribution is 2.23. The van der Waals surface area contributed by atoms with Crippen molar-refractivity contribution in [2.45, 2.75) is 12.6 Å². The molecule has 16 heavy (non-hydrogen) atoms. The predicted molar refractivity (Wildman–Crippen MR) is 59.4 cm³/mol. The van der Waals surface area contributed by atoms with Gasteiger partial charge in [0.05, 0.1) is 6.10 Å². The number of likely N-dealkylation sites (N-methyl/N-ethyl adjacent to an activating group) is 1.